The van der Waals surface area contributed by atoms with Crippen molar-refractivity contribution in [1.29, 1.82) is 0 Å². The van der Waals surface area contributed by atoms with Crippen molar-refractivity contribution in [2.24, 2.45) is 0 Å². The van der Waals surface area contributed by atoms with Crippen LogP contribution >= 0.6 is 0 Å². The second-order valence-electron chi connectivity index (χ2n) is 10.3. The minimum Gasteiger partial charge on any atom is -0.491 e. The molecule has 37 heavy (non-hydrogen) atoms. The Morgan fingerprint density at radius 3 is 2.57 bits per heavy atom. The molecule has 2 aliphatic rings. The molecule has 2 aromatic carbocycles. The van der Waals surface area contributed by atoms with Gasteiger partial charge in [-0.25, -0.2) is 4.79 Å². The van der Waals surface area contributed by atoms with E-state index >= 15 is 0 Å². The zero-order chi connectivity index (χ0) is 26.6. The lowest BCUT2D eigenvalue weighted by molar-refractivity contribution is -0.0440. The Morgan fingerprint density at radius 1 is 1.11 bits per heavy atom. The maximum atomic E-state index is 13.1. The van der Waals surface area contributed by atoms with E-state index in [1.807, 2.05) is 57.2 Å². The van der Waals surface area contributed by atoms with Crippen molar-refractivity contribution in [2.75, 3.05) is 39.9 Å². The first-order chi connectivity index (χ1) is 17.7. The highest BCUT2D eigenvalue weighted by molar-refractivity contribution is 6.02. The number of carbonyl (C=O) groups excluding carboxylic acids is 3. The molecule has 0 aliphatic carbocycles. The second kappa shape index (κ2) is 11.2. The monoisotopic (exact) mass is 509 g/mol. The molecular formula is C28H35N3O6. The molecule has 0 bridgehead atoms. The van der Waals surface area contributed by atoms with Gasteiger partial charge in [0.15, 0.2) is 0 Å². The number of benzene rings is 2. The molecule has 2 heterocycles. The molecule has 0 spiro atoms. The van der Waals surface area contributed by atoms with Gasteiger partial charge in [-0.15, -0.1) is 0 Å². The summed E-state index contributed by atoms with van der Waals surface area (Å²) in [4.78, 5) is 39.8. The molecule has 2 N–H and O–H groups in total. The quantitative estimate of drug-likeness (QED) is 0.619. The molecule has 2 aromatic rings. The Bertz CT molecular complexity index is 1140. The molecule has 2 atom stereocenters. The third-order valence-corrected chi connectivity index (χ3v) is 6.37. The van der Waals surface area contributed by atoms with Crippen LogP contribution in [0, 0.1) is 0 Å². The van der Waals surface area contributed by atoms with Crippen molar-refractivity contribution in [3.63, 3.8) is 0 Å². The van der Waals surface area contributed by atoms with Gasteiger partial charge >= 0.3 is 6.09 Å². The Hall–Kier alpha value is -3.59. The fourth-order valence-electron chi connectivity index (χ4n) is 4.56. The van der Waals surface area contributed by atoms with Crippen molar-refractivity contribution in [1.82, 2.24) is 15.5 Å². The average Bonchev–Trinajstić information content (AvgIpc) is 3.31. The lowest BCUT2D eigenvalue weighted by Crippen LogP contribution is -2.48. The van der Waals surface area contributed by atoms with Crippen LogP contribution in [-0.4, -0.2) is 74.4 Å². The van der Waals surface area contributed by atoms with Crippen molar-refractivity contribution >= 4 is 17.9 Å². The van der Waals surface area contributed by atoms with Crippen molar-refractivity contribution < 1.29 is 28.6 Å². The van der Waals surface area contributed by atoms with E-state index in [-0.39, 0.29) is 29.9 Å². The van der Waals surface area contributed by atoms with Gasteiger partial charge in [-0.2, -0.15) is 0 Å². The largest absolute Gasteiger partial charge is 0.491 e. The van der Waals surface area contributed by atoms with Crippen LogP contribution in [0.15, 0.2) is 42.5 Å². The summed E-state index contributed by atoms with van der Waals surface area (Å²) in [5.74, 6) is -0.145. The van der Waals surface area contributed by atoms with Gasteiger partial charge in [0.1, 0.15) is 11.4 Å². The normalized spacial score (nSPS) is 19.0. The number of fused-ring (bicyclic) bond motifs is 1. The molecular weight excluding hydrogens is 474 g/mol. The van der Waals surface area contributed by atoms with E-state index in [9.17, 15) is 14.4 Å². The molecule has 4 rings (SSSR count). The average molecular weight is 510 g/mol. The molecule has 1 fully saturated rings. The van der Waals surface area contributed by atoms with E-state index in [1.54, 1.807) is 18.0 Å². The summed E-state index contributed by atoms with van der Waals surface area (Å²) in [6.45, 7) is 7.56. The van der Waals surface area contributed by atoms with Crippen LogP contribution < -0.4 is 15.4 Å². The van der Waals surface area contributed by atoms with E-state index in [1.165, 1.54) is 0 Å². The lowest BCUT2D eigenvalue weighted by Gasteiger charge is -2.34. The molecule has 0 saturated carbocycles. The summed E-state index contributed by atoms with van der Waals surface area (Å²) in [7, 11) is 1.55. The number of amides is 3. The van der Waals surface area contributed by atoms with Gasteiger partial charge in [-0.05, 0) is 44.9 Å². The zero-order valence-corrected chi connectivity index (χ0v) is 21.8. The fraction of sp³-hybridized carbons (Fsp3) is 0.464. The van der Waals surface area contributed by atoms with Gasteiger partial charge < -0.3 is 29.7 Å². The number of rotatable bonds is 6. The third kappa shape index (κ3) is 6.40. The highest BCUT2D eigenvalue weighted by Crippen LogP contribution is 2.41. The maximum absolute atomic E-state index is 13.1. The molecule has 198 valence electrons. The first-order valence-corrected chi connectivity index (χ1v) is 12.6. The summed E-state index contributed by atoms with van der Waals surface area (Å²) in [5.41, 5.74) is 2.05. The fourth-order valence-corrected chi connectivity index (χ4v) is 4.56. The van der Waals surface area contributed by atoms with Gasteiger partial charge in [-0.3, -0.25) is 9.59 Å². The number of hydrogen-bond donors (Lipinski definition) is 2. The summed E-state index contributed by atoms with van der Waals surface area (Å²) >= 11 is 0. The molecule has 1 saturated heterocycles. The number of ether oxygens (including phenoxy) is 3. The Kier molecular flexibility index (Phi) is 8.02. The lowest BCUT2D eigenvalue weighted by atomic mass is 9.90. The predicted octanol–water partition coefficient (Wildman–Crippen LogP) is 3.33. The molecule has 3 amide bonds. The van der Waals surface area contributed by atoms with Gasteiger partial charge in [0.25, 0.3) is 11.8 Å². The van der Waals surface area contributed by atoms with Gasteiger partial charge in [0, 0.05) is 37.2 Å². The van der Waals surface area contributed by atoms with Gasteiger partial charge in [-0.1, -0.05) is 30.3 Å². The van der Waals surface area contributed by atoms with Crippen LogP contribution in [0.5, 0.6) is 5.75 Å². The molecule has 9 heteroatoms. The minimum atomic E-state index is -0.563. The van der Waals surface area contributed by atoms with Gasteiger partial charge in [0.05, 0.1) is 31.4 Å². The van der Waals surface area contributed by atoms with E-state index in [0.29, 0.717) is 56.1 Å². The summed E-state index contributed by atoms with van der Waals surface area (Å²) < 4.78 is 17.2. The zero-order valence-electron chi connectivity index (χ0n) is 21.8. The number of hydrogen-bond acceptors (Lipinski definition) is 6. The number of carbonyl (C=O) groups is 3. The number of nitrogens with one attached hydrogen (secondary N) is 2. The van der Waals surface area contributed by atoms with E-state index in [0.717, 1.165) is 11.1 Å². The first-order valence-electron chi connectivity index (χ1n) is 12.6. The Morgan fingerprint density at radius 2 is 1.86 bits per heavy atom. The predicted molar refractivity (Wildman–Crippen MR) is 138 cm³/mol. The molecule has 2 unspecified atom stereocenters. The number of nitrogens with zero attached hydrogens (tertiary/aromatic N) is 1. The first kappa shape index (κ1) is 26.5. The van der Waals surface area contributed by atoms with Crippen LogP contribution in [0.2, 0.25) is 0 Å². The Balaban J connectivity index is 1.42. The minimum absolute atomic E-state index is 0.0677. The van der Waals surface area contributed by atoms with Crippen LogP contribution in [0.25, 0.3) is 0 Å². The molecule has 0 radical (unpaired) electrons. The van der Waals surface area contributed by atoms with Crippen LogP contribution in [0.4, 0.5) is 4.79 Å². The van der Waals surface area contributed by atoms with Gasteiger partial charge in [0.2, 0.25) is 0 Å². The highest BCUT2D eigenvalue weighted by atomic mass is 16.6. The van der Waals surface area contributed by atoms with Crippen LogP contribution in [-0.2, 0) is 9.47 Å². The van der Waals surface area contributed by atoms with Crippen LogP contribution in [0.1, 0.15) is 65.0 Å². The summed E-state index contributed by atoms with van der Waals surface area (Å²) in [6, 6.07) is 13.3. The second-order valence-corrected chi connectivity index (χ2v) is 10.3. The van der Waals surface area contributed by atoms with E-state index in [4.69, 9.17) is 14.2 Å². The summed E-state index contributed by atoms with van der Waals surface area (Å²) in [6.07, 6.45) is -0.0348. The smallest absolute Gasteiger partial charge is 0.410 e. The topological polar surface area (TPSA) is 106 Å². The van der Waals surface area contributed by atoms with E-state index in [2.05, 4.69) is 10.6 Å². The van der Waals surface area contributed by atoms with E-state index < -0.39 is 5.60 Å². The number of morpholine rings is 1. The highest BCUT2D eigenvalue weighted by Gasteiger charge is 2.32. The van der Waals surface area contributed by atoms with Crippen molar-refractivity contribution in [3.05, 3.63) is 64.7 Å². The van der Waals surface area contributed by atoms with Crippen molar-refractivity contribution in [2.45, 2.75) is 44.8 Å². The Labute approximate surface area is 217 Å². The maximum Gasteiger partial charge on any atom is 0.410 e. The van der Waals surface area contributed by atoms with Crippen molar-refractivity contribution in [3.8, 4) is 5.75 Å². The standard InChI is InChI=1S/C28H35N3O6/c1-28(2,3)37-27(34)31-12-13-35-20(16-31)10-11-30-25(32)19-14-21-23(18-8-6-5-7-9-18)17-36-24(21)22(15-19)26(33)29-4/h5-9,14-15,20,23H,10-13,16-17H2,1-4H3,(H,29,33)(H,30,32). The molecule has 9 nitrogen and oxygen atoms in total. The van der Waals surface area contributed by atoms with Crippen LogP contribution in [0.3, 0.4) is 0 Å². The SMILES string of the molecule is CNC(=O)c1cc(C(=O)NCCC2CN(C(=O)OC(C)(C)C)CCO2)cc2c1OCC2c1ccccc1. The summed E-state index contributed by atoms with van der Waals surface area (Å²) in [5, 5.41) is 5.57. The molecule has 2 aliphatic heterocycles. The molecule has 0 aromatic heterocycles. The third-order valence-electron chi connectivity index (χ3n) is 6.37.